The van der Waals surface area contributed by atoms with Crippen LogP contribution in [0.5, 0.6) is 5.75 Å². The Morgan fingerprint density at radius 2 is 1.81 bits per heavy atom. The van der Waals surface area contributed by atoms with Crippen molar-refractivity contribution in [2.75, 3.05) is 13.7 Å². The number of ether oxygens (including phenoxy) is 2. The first kappa shape index (κ1) is 19.5. The molecule has 5 heteroatoms. The molecule has 0 fully saturated rings. The average Bonchev–Trinajstić information content (AvgIpc) is 2.69. The SMILES string of the molecule is CC[C@H](CNC(=O)[C@@H](C)OC(=O)c1cccc(OC)c1)c1ccccc1. The second kappa shape index (κ2) is 9.61. The molecule has 0 aliphatic rings. The third kappa shape index (κ3) is 5.34. The van der Waals surface area contributed by atoms with Crippen molar-refractivity contribution in [3.8, 4) is 5.75 Å². The van der Waals surface area contributed by atoms with Crippen LogP contribution in [0.25, 0.3) is 0 Å². The highest BCUT2D eigenvalue weighted by Crippen LogP contribution is 2.18. The Labute approximate surface area is 154 Å². The van der Waals surface area contributed by atoms with Gasteiger partial charge in [-0.3, -0.25) is 4.79 Å². The van der Waals surface area contributed by atoms with E-state index in [2.05, 4.69) is 12.2 Å². The van der Waals surface area contributed by atoms with Crippen molar-refractivity contribution < 1.29 is 19.1 Å². The Hall–Kier alpha value is -2.82. The van der Waals surface area contributed by atoms with E-state index in [9.17, 15) is 9.59 Å². The van der Waals surface area contributed by atoms with Gasteiger partial charge in [-0.05, 0) is 37.1 Å². The zero-order valence-electron chi connectivity index (χ0n) is 15.4. The van der Waals surface area contributed by atoms with E-state index in [1.54, 1.807) is 31.2 Å². The molecule has 2 aromatic rings. The molecular formula is C21H25NO4. The zero-order chi connectivity index (χ0) is 18.9. The van der Waals surface area contributed by atoms with Crippen molar-refractivity contribution in [2.45, 2.75) is 32.3 Å². The van der Waals surface area contributed by atoms with Crippen LogP contribution in [0.1, 0.15) is 42.1 Å². The molecule has 0 aliphatic heterocycles. The molecule has 1 amide bonds. The summed E-state index contributed by atoms with van der Waals surface area (Å²) >= 11 is 0. The number of hydrogen-bond acceptors (Lipinski definition) is 4. The number of methoxy groups -OCH3 is 1. The Morgan fingerprint density at radius 3 is 2.46 bits per heavy atom. The summed E-state index contributed by atoms with van der Waals surface area (Å²) in [5, 5.41) is 2.87. The number of hydrogen-bond donors (Lipinski definition) is 1. The van der Waals surface area contributed by atoms with E-state index in [0.29, 0.717) is 17.9 Å². The maximum absolute atomic E-state index is 12.3. The highest BCUT2D eigenvalue weighted by Gasteiger charge is 2.20. The summed E-state index contributed by atoms with van der Waals surface area (Å²) in [6, 6.07) is 16.7. The topological polar surface area (TPSA) is 64.6 Å². The number of carbonyl (C=O) groups excluding carboxylic acids is 2. The van der Waals surface area contributed by atoms with Crippen LogP contribution in [0.3, 0.4) is 0 Å². The molecule has 0 saturated carbocycles. The second-order valence-corrected chi connectivity index (χ2v) is 6.04. The third-order valence-electron chi connectivity index (χ3n) is 4.24. The third-order valence-corrected chi connectivity index (χ3v) is 4.24. The van der Waals surface area contributed by atoms with Crippen LogP contribution < -0.4 is 10.1 Å². The largest absolute Gasteiger partial charge is 0.497 e. The molecule has 138 valence electrons. The molecule has 0 unspecified atom stereocenters. The average molecular weight is 355 g/mol. The van der Waals surface area contributed by atoms with Gasteiger partial charge in [0.05, 0.1) is 12.7 Å². The van der Waals surface area contributed by atoms with Crippen LogP contribution in [-0.2, 0) is 9.53 Å². The fraction of sp³-hybridized carbons (Fsp3) is 0.333. The van der Waals surface area contributed by atoms with Crippen molar-refractivity contribution in [3.05, 3.63) is 65.7 Å². The van der Waals surface area contributed by atoms with Crippen LogP contribution in [0, 0.1) is 0 Å². The molecule has 0 spiro atoms. The lowest BCUT2D eigenvalue weighted by Crippen LogP contribution is -2.38. The molecule has 0 heterocycles. The van der Waals surface area contributed by atoms with Gasteiger partial charge in [0.2, 0.25) is 0 Å². The van der Waals surface area contributed by atoms with E-state index in [1.807, 2.05) is 30.3 Å². The molecule has 0 saturated heterocycles. The summed E-state index contributed by atoms with van der Waals surface area (Å²) in [4.78, 5) is 24.5. The van der Waals surface area contributed by atoms with Crippen LogP contribution in [-0.4, -0.2) is 31.6 Å². The highest BCUT2D eigenvalue weighted by atomic mass is 16.5. The zero-order valence-corrected chi connectivity index (χ0v) is 15.4. The Balaban J connectivity index is 1.89. The van der Waals surface area contributed by atoms with Crippen LogP contribution >= 0.6 is 0 Å². The molecule has 5 nitrogen and oxygen atoms in total. The first-order valence-corrected chi connectivity index (χ1v) is 8.72. The van der Waals surface area contributed by atoms with Crippen molar-refractivity contribution in [3.63, 3.8) is 0 Å². The second-order valence-electron chi connectivity index (χ2n) is 6.04. The van der Waals surface area contributed by atoms with Crippen molar-refractivity contribution in [2.24, 2.45) is 0 Å². The quantitative estimate of drug-likeness (QED) is 0.736. The molecule has 2 aromatic carbocycles. The first-order valence-electron chi connectivity index (χ1n) is 8.72. The normalized spacial score (nSPS) is 12.7. The predicted molar refractivity (Wildman–Crippen MR) is 100 cm³/mol. The van der Waals surface area contributed by atoms with Gasteiger partial charge in [-0.2, -0.15) is 0 Å². The number of nitrogens with one attached hydrogen (secondary N) is 1. The number of benzene rings is 2. The Kier molecular flexibility index (Phi) is 7.21. The lowest BCUT2D eigenvalue weighted by atomic mass is 9.96. The molecule has 0 aliphatic carbocycles. The summed E-state index contributed by atoms with van der Waals surface area (Å²) in [6.45, 7) is 4.15. The van der Waals surface area contributed by atoms with Crippen molar-refractivity contribution in [1.29, 1.82) is 0 Å². The number of rotatable bonds is 8. The van der Waals surface area contributed by atoms with Crippen LogP contribution in [0.4, 0.5) is 0 Å². The summed E-state index contributed by atoms with van der Waals surface area (Å²) in [5.74, 6) is -0.0797. The number of carbonyl (C=O) groups is 2. The minimum atomic E-state index is -0.873. The lowest BCUT2D eigenvalue weighted by molar-refractivity contribution is -0.129. The lowest BCUT2D eigenvalue weighted by Gasteiger charge is -2.18. The fourth-order valence-electron chi connectivity index (χ4n) is 2.62. The highest BCUT2D eigenvalue weighted by molar-refractivity contribution is 5.92. The molecule has 0 bridgehead atoms. The van der Waals surface area contributed by atoms with Gasteiger partial charge in [-0.15, -0.1) is 0 Å². The molecule has 26 heavy (non-hydrogen) atoms. The van der Waals surface area contributed by atoms with Gasteiger partial charge in [0.15, 0.2) is 6.10 Å². The van der Waals surface area contributed by atoms with E-state index < -0.39 is 12.1 Å². The standard InChI is InChI=1S/C21H25NO4/c1-4-16(17-9-6-5-7-10-17)14-22-20(23)15(2)26-21(24)18-11-8-12-19(13-18)25-3/h5-13,15-16H,4,14H2,1-3H3,(H,22,23)/t15-,16-/m1/s1. The number of amides is 1. The van der Waals surface area contributed by atoms with Crippen LogP contribution in [0.15, 0.2) is 54.6 Å². The van der Waals surface area contributed by atoms with Gasteiger partial charge in [-0.25, -0.2) is 4.79 Å². The monoisotopic (exact) mass is 355 g/mol. The van der Waals surface area contributed by atoms with E-state index in [4.69, 9.17) is 9.47 Å². The summed E-state index contributed by atoms with van der Waals surface area (Å²) in [7, 11) is 1.53. The molecule has 2 atom stereocenters. The van der Waals surface area contributed by atoms with Gasteiger partial charge in [0.1, 0.15) is 5.75 Å². The van der Waals surface area contributed by atoms with Gasteiger partial charge >= 0.3 is 5.97 Å². The molecule has 0 aromatic heterocycles. The van der Waals surface area contributed by atoms with E-state index in [0.717, 1.165) is 6.42 Å². The maximum atomic E-state index is 12.3. The summed E-state index contributed by atoms with van der Waals surface area (Å²) in [5.41, 5.74) is 1.52. The molecule has 2 rings (SSSR count). The van der Waals surface area contributed by atoms with Gasteiger partial charge in [0, 0.05) is 12.5 Å². The van der Waals surface area contributed by atoms with Crippen molar-refractivity contribution >= 4 is 11.9 Å². The van der Waals surface area contributed by atoms with E-state index >= 15 is 0 Å². The minimum Gasteiger partial charge on any atom is -0.497 e. The van der Waals surface area contributed by atoms with Crippen LogP contribution in [0.2, 0.25) is 0 Å². The molecular weight excluding hydrogens is 330 g/mol. The van der Waals surface area contributed by atoms with Gasteiger partial charge < -0.3 is 14.8 Å². The fourth-order valence-corrected chi connectivity index (χ4v) is 2.62. The van der Waals surface area contributed by atoms with Crippen molar-refractivity contribution in [1.82, 2.24) is 5.32 Å². The van der Waals surface area contributed by atoms with Gasteiger partial charge in [0.25, 0.3) is 5.91 Å². The Bertz CT molecular complexity index is 730. The first-order chi connectivity index (χ1) is 12.5. The predicted octanol–water partition coefficient (Wildman–Crippen LogP) is 3.55. The summed E-state index contributed by atoms with van der Waals surface area (Å²) in [6.07, 6.45) is 0.0319. The summed E-state index contributed by atoms with van der Waals surface area (Å²) < 4.78 is 10.4. The minimum absolute atomic E-state index is 0.224. The number of esters is 1. The Morgan fingerprint density at radius 1 is 1.08 bits per heavy atom. The van der Waals surface area contributed by atoms with Gasteiger partial charge in [-0.1, -0.05) is 43.3 Å². The van der Waals surface area contributed by atoms with E-state index in [-0.39, 0.29) is 11.8 Å². The molecule has 1 N–H and O–H groups in total. The van der Waals surface area contributed by atoms with E-state index in [1.165, 1.54) is 12.7 Å². The maximum Gasteiger partial charge on any atom is 0.339 e. The molecule has 0 radical (unpaired) electrons. The smallest absolute Gasteiger partial charge is 0.339 e.